The number of carbonyl (C=O) groups excluding carboxylic acids is 1. The van der Waals surface area contributed by atoms with Crippen molar-refractivity contribution < 1.29 is 27.8 Å². The van der Waals surface area contributed by atoms with Crippen molar-refractivity contribution in [2.24, 2.45) is 0 Å². The third kappa shape index (κ3) is 6.06. The molecule has 168 valence electrons. The van der Waals surface area contributed by atoms with Crippen molar-refractivity contribution in [1.82, 2.24) is 10.2 Å². The highest BCUT2D eigenvalue weighted by molar-refractivity contribution is 5.79. The molecular formula is C23H27F3N2O3. The highest BCUT2D eigenvalue weighted by Crippen LogP contribution is 2.34. The molecule has 0 bridgehead atoms. The fourth-order valence-electron chi connectivity index (χ4n) is 3.92. The molecule has 0 radical (unpaired) electrons. The Morgan fingerprint density at radius 1 is 1.23 bits per heavy atom. The first kappa shape index (κ1) is 23.2. The third-order valence-electron chi connectivity index (χ3n) is 5.46. The standard InChI is InChI=1S/C23H27F3N2O3/c1-31-15-19(29)13-27-14-22(30)28-11-10-17-4-2-3-5-20(17)21(28)12-16-6-8-18(9-7-16)23(24,25)26/h2-9,19,21,27,29H,10-15H2,1H3. The van der Waals surface area contributed by atoms with E-state index in [4.69, 9.17) is 4.74 Å². The molecule has 2 atom stereocenters. The Morgan fingerprint density at radius 3 is 2.61 bits per heavy atom. The molecule has 1 amide bonds. The van der Waals surface area contributed by atoms with Crippen LogP contribution in [0.2, 0.25) is 0 Å². The summed E-state index contributed by atoms with van der Waals surface area (Å²) >= 11 is 0. The van der Waals surface area contributed by atoms with E-state index >= 15 is 0 Å². The predicted molar refractivity (Wildman–Crippen MR) is 111 cm³/mol. The monoisotopic (exact) mass is 436 g/mol. The average molecular weight is 436 g/mol. The fourth-order valence-corrected chi connectivity index (χ4v) is 3.92. The van der Waals surface area contributed by atoms with Crippen LogP contribution >= 0.6 is 0 Å². The number of hydrogen-bond donors (Lipinski definition) is 2. The van der Waals surface area contributed by atoms with Crippen LogP contribution in [-0.4, -0.2) is 55.4 Å². The second kappa shape index (κ2) is 10.3. The molecule has 2 aromatic rings. The first-order valence-corrected chi connectivity index (χ1v) is 10.2. The molecule has 2 aromatic carbocycles. The van der Waals surface area contributed by atoms with Crippen molar-refractivity contribution in [3.63, 3.8) is 0 Å². The summed E-state index contributed by atoms with van der Waals surface area (Å²) in [6.07, 6.45) is -3.94. The Labute approximate surface area is 179 Å². The first-order chi connectivity index (χ1) is 14.8. The lowest BCUT2D eigenvalue weighted by molar-refractivity contribution is -0.137. The van der Waals surface area contributed by atoms with Gasteiger partial charge in [0.05, 0.1) is 30.9 Å². The molecule has 0 spiro atoms. The van der Waals surface area contributed by atoms with Gasteiger partial charge in [-0.1, -0.05) is 36.4 Å². The summed E-state index contributed by atoms with van der Waals surface area (Å²) in [5, 5.41) is 12.7. The summed E-state index contributed by atoms with van der Waals surface area (Å²) in [6.45, 7) is 0.998. The van der Waals surface area contributed by atoms with Gasteiger partial charge in [-0.25, -0.2) is 0 Å². The number of methoxy groups -OCH3 is 1. The number of aliphatic hydroxyl groups excluding tert-OH is 1. The smallest absolute Gasteiger partial charge is 0.389 e. The van der Waals surface area contributed by atoms with Crippen molar-refractivity contribution in [3.05, 3.63) is 70.8 Å². The fraction of sp³-hybridized carbons (Fsp3) is 0.435. The van der Waals surface area contributed by atoms with Crippen LogP contribution in [0.15, 0.2) is 48.5 Å². The molecule has 1 aliphatic rings. The Balaban J connectivity index is 1.75. The van der Waals surface area contributed by atoms with Crippen molar-refractivity contribution in [3.8, 4) is 0 Å². The SMILES string of the molecule is COCC(O)CNCC(=O)N1CCc2ccccc2C1Cc1ccc(C(F)(F)F)cc1. The van der Waals surface area contributed by atoms with Gasteiger partial charge in [0.2, 0.25) is 5.91 Å². The number of nitrogens with one attached hydrogen (secondary N) is 1. The number of hydrogen-bond acceptors (Lipinski definition) is 4. The van der Waals surface area contributed by atoms with Crippen LogP contribution in [0.1, 0.15) is 28.3 Å². The molecule has 0 saturated carbocycles. The van der Waals surface area contributed by atoms with Crippen LogP contribution in [0, 0.1) is 0 Å². The van der Waals surface area contributed by atoms with Gasteiger partial charge in [-0.15, -0.1) is 0 Å². The number of aliphatic hydroxyl groups is 1. The minimum absolute atomic E-state index is 0.0620. The number of ether oxygens (including phenoxy) is 1. The van der Waals surface area contributed by atoms with Gasteiger partial charge in [0, 0.05) is 20.2 Å². The molecule has 0 fully saturated rings. The molecule has 5 nitrogen and oxygen atoms in total. The lowest BCUT2D eigenvalue weighted by Crippen LogP contribution is -2.46. The Kier molecular flexibility index (Phi) is 7.69. The zero-order valence-corrected chi connectivity index (χ0v) is 17.4. The van der Waals surface area contributed by atoms with Gasteiger partial charge in [0.15, 0.2) is 0 Å². The molecule has 3 rings (SSSR count). The molecular weight excluding hydrogens is 409 g/mol. The number of nitrogens with zero attached hydrogens (tertiary/aromatic N) is 1. The average Bonchev–Trinajstić information content (AvgIpc) is 2.74. The molecule has 1 aliphatic heterocycles. The van der Waals surface area contributed by atoms with E-state index in [1.165, 1.54) is 19.2 Å². The lowest BCUT2D eigenvalue weighted by Gasteiger charge is -2.38. The minimum atomic E-state index is -4.38. The van der Waals surface area contributed by atoms with Crippen molar-refractivity contribution in [1.29, 1.82) is 0 Å². The van der Waals surface area contributed by atoms with Crippen LogP contribution < -0.4 is 5.32 Å². The summed E-state index contributed by atoms with van der Waals surface area (Å²) in [5.41, 5.74) is 2.20. The van der Waals surface area contributed by atoms with Crippen LogP contribution in [0.25, 0.3) is 0 Å². The number of rotatable bonds is 8. The zero-order chi connectivity index (χ0) is 22.4. The van der Waals surface area contributed by atoms with Gasteiger partial charge in [0.1, 0.15) is 0 Å². The molecule has 0 aromatic heterocycles. The normalized spacial score (nSPS) is 17.3. The summed E-state index contributed by atoms with van der Waals surface area (Å²) in [4.78, 5) is 14.7. The van der Waals surface area contributed by atoms with Gasteiger partial charge in [-0.3, -0.25) is 4.79 Å². The summed E-state index contributed by atoms with van der Waals surface area (Å²) in [5.74, 6) is -0.115. The molecule has 2 unspecified atom stereocenters. The van der Waals surface area contributed by atoms with Crippen LogP contribution in [-0.2, 0) is 28.5 Å². The van der Waals surface area contributed by atoms with Crippen LogP contribution in [0.5, 0.6) is 0 Å². The number of alkyl halides is 3. The van der Waals surface area contributed by atoms with E-state index in [1.54, 1.807) is 4.90 Å². The van der Waals surface area contributed by atoms with Crippen molar-refractivity contribution in [2.75, 3.05) is 33.4 Å². The number of amides is 1. The van der Waals surface area contributed by atoms with Crippen LogP contribution in [0.4, 0.5) is 13.2 Å². The maximum absolute atomic E-state index is 12.9. The molecule has 31 heavy (non-hydrogen) atoms. The molecule has 0 aliphatic carbocycles. The minimum Gasteiger partial charge on any atom is -0.389 e. The maximum Gasteiger partial charge on any atom is 0.416 e. The topological polar surface area (TPSA) is 61.8 Å². The summed E-state index contributed by atoms with van der Waals surface area (Å²) in [6, 6.07) is 12.7. The zero-order valence-electron chi connectivity index (χ0n) is 17.4. The molecule has 0 saturated heterocycles. The van der Waals surface area contributed by atoms with E-state index in [1.807, 2.05) is 24.3 Å². The van der Waals surface area contributed by atoms with Gasteiger partial charge < -0.3 is 20.1 Å². The first-order valence-electron chi connectivity index (χ1n) is 10.2. The van der Waals surface area contributed by atoms with E-state index in [9.17, 15) is 23.1 Å². The largest absolute Gasteiger partial charge is 0.416 e. The third-order valence-corrected chi connectivity index (χ3v) is 5.46. The number of benzene rings is 2. The lowest BCUT2D eigenvalue weighted by atomic mass is 9.88. The van der Waals surface area contributed by atoms with E-state index in [0.717, 1.165) is 35.2 Å². The molecule has 1 heterocycles. The van der Waals surface area contributed by atoms with Gasteiger partial charge >= 0.3 is 6.18 Å². The van der Waals surface area contributed by atoms with Gasteiger partial charge in [-0.2, -0.15) is 13.2 Å². The van der Waals surface area contributed by atoms with Crippen molar-refractivity contribution >= 4 is 5.91 Å². The summed E-state index contributed by atoms with van der Waals surface area (Å²) < 4.78 is 43.5. The second-order valence-corrected chi connectivity index (χ2v) is 7.69. The quantitative estimate of drug-likeness (QED) is 0.668. The Hall–Kier alpha value is -2.42. The van der Waals surface area contributed by atoms with E-state index in [-0.39, 0.29) is 31.6 Å². The van der Waals surface area contributed by atoms with Crippen LogP contribution in [0.3, 0.4) is 0 Å². The Bertz CT molecular complexity index is 871. The van der Waals surface area contributed by atoms with Crippen molar-refractivity contribution in [2.45, 2.75) is 31.2 Å². The number of fused-ring (bicyclic) bond motifs is 1. The summed E-state index contributed by atoms with van der Waals surface area (Å²) in [7, 11) is 1.49. The van der Waals surface area contributed by atoms with E-state index in [2.05, 4.69) is 5.32 Å². The van der Waals surface area contributed by atoms with Gasteiger partial charge in [-0.05, 0) is 41.7 Å². The maximum atomic E-state index is 12.9. The van der Waals surface area contributed by atoms with E-state index < -0.39 is 17.8 Å². The predicted octanol–water partition coefficient (Wildman–Crippen LogP) is 2.97. The number of halogens is 3. The Morgan fingerprint density at radius 2 is 1.94 bits per heavy atom. The number of carbonyl (C=O) groups is 1. The molecule has 2 N–H and O–H groups in total. The molecule has 8 heteroatoms. The highest BCUT2D eigenvalue weighted by Gasteiger charge is 2.32. The highest BCUT2D eigenvalue weighted by atomic mass is 19.4. The van der Waals surface area contributed by atoms with E-state index in [0.29, 0.717) is 13.0 Å². The van der Waals surface area contributed by atoms with Gasteiger partial charge in [0.25, 0.3) is 0 Å². The second-order valence-electron chi connectivity index (χ2n) is 7.69.